The number of nitrogens with zero attached hydrogens (tertiary/aromatic N) is 2. The fraction of sp³-hybridized carbons (Fsp3) is 0.133. The number of carbonyl (C=O) groups is 1. The summed E-state index contributed by atoms with van der Waals surface area (Å²) in [5, 5.41) is 24.0. The maximum Gasteiger partial charge on any atom is 0.300 e. The maximum absolute atomic E-state index is 11.6. The van der Waals surface area contributed by atoms with Crippen LogP contribution < -0.4 is 5.32 Å². The van der Waals surface area contributed by atoms with Crippen LogP contribution in [0, 0.1) is 34.1 Å². The quantitative estimate of drug-likeness (QED) is 0.490. The molecule has 0 aliphatic heterocycles. The van der Waals surface area contributed by atoms with Crippen molar-refractivity contribution in [3.8, 4) is 0 Å². The lowest BCUT2D eigenvalue weighted by Gasteiger charge is -2.13. The van der Waals surface area contributed by atoms with E-state index < -0.39 is 26.5 Å². The predicted octanol–water partition coefficient (Wildman–Crippen LogP) is 4.24. The van der Waals surface area contributed by atoms with E-state index in [2.05, 4.69) is 5.32 Å². The summed E-state index contributed by atoms with van der Waals surface area (Å²) in [7, 11) is 0. The number of nitro benzene ring substituents is 2. The number of benzene rings is 2. The van der Waals surface area contributed by atoms with Crippen LogP contribution in [-0.2, 0) is 0 Å². The Labute approximate surface area is 141 Å². The van der Waals surface area contributed by atoms with Crippen molar-refractivity contribution in [3.05, 3.63) is 67.3 Å². The van der Waals surface area contributed by atoms with Gasteiger partial charge in [0.2, 0.25) is 0 Å². The average molecular weight is 350 g/mol. The van der Waals surface area contributed by atoms with E-state index in [1.54, 1.807) is 19.1 Å². The summed E-state index contributed by atoms with van der Waals surface area (Å²) < 4.78 is 0. The number of anilines is 2. The minimum atomic E-state index is -1.03. The molecule has 0 heterocycles. The Morgan fingerprint density at radius 2 is 1.75 bits per heavy atom. The summed E-state index contributed by atoms with van der Waals surface area (Å²) in [6.45, 7) is 3.67. The molecular formula is C15H12ClN3O5. The van der Waals surface area contributed by atoms with E-state index >= 15 is 0 Å². The van der Waals surface area contributed by atoms with Crippen LogP contribution >= 0.6 is 11.6 Å². The van der Waals surface area contributed by atoms with E-state index in [-0.39, 0.29) is 11.3 Å². The Morgan fingerprint density at radius 3 is 2.25 bits per heavy atom. The van der Waals surface area contributed by atoms with Crippen molar-refractivity contribution in [3.63, 3.8) is 0 Å². The lowest BCUT2D eigenvalue weighted by atomic mass is 10.1. The van der Waals surface area contributed by atoms with E-state index in [1.165, 1.54) is 0 Å². The highest BCUT2D eigenvalue weighted by molar-refractivity contribution is 6.68. The Morgan fingerprint density at radius 1 is 1.08 bits per heavy atom. The molecule has 0 bridgehead atoms. The van der Waals surface area contributed by atoms with E-state index in [0.29, 0.717) is 5.69 Å². The maximum atomic E-state index is 11.6. The molecule has 0 fully saturated rings. The molecule has 0 amide bonds. The molecule has 2 aromatic rings. The molecule has 0 radical (unpaired) electrons. The van der Waals surface area contributed by atoms with Gasteiger partial charge < -0.3 is 5.32 Å². The molecule has 9 heteroatoms. The standard InChI is InChI=1S/C15H12ClN3O5/c1-8-3-4-12(9(2)5-8)17-14-11(15(16)20)6-10(18(21)22)7-13(14)19(23)24/h3-7,17H,1-2H3. The lowest BCUT2D eigenvalue weighted by molar-refractivity contribution is -0.393. The van der Waals surface area contributed by atoms with Crippen LogP contribution in [0.3, 0.4) is 0 Å². The number of halogens is 1. The first-order valence-corrected chi connectivity index (χ1v) is 7.09. The highest BCUT2D eigenvalue weighted by Gasteiger charge is 2.27. The zero-order valence-corrected chi connectivity index (χ0v) is 13.5. The molecule has 1 N–H and O–H groups in total. The Balaban J connectivity index is 2.68. The number of rotatable bonds is 5. The van der Waals surface area contributed by atoms with Gasteiger partial charge in [-0.15, -0.1) is 0 Å². The third-order valence-electron chi connectivity index (χ3n) is 3.36. The molecule has 0 aliphatic carbocycles. The summed E-state index contributed by atoms with van der Waals surface area (Å²) >= 11 is 5.47. The molecule has 0 aliphatic rings. The van der Waals surface area contributed by atoms with E-state index in [9.17, 15) is 25.0 Å². The van der Waals surface area contributed by atoms with Crippen LogP contribution in [0.25, 0.3) is 0 Å². The van der Waals surface area contributed by atoms with Gasteiger partial charge in [-0.25, -0.2) is 0 Å². The fourth-order valence-corrected chi connectivity index (χ4v) is 2.39. The van der Waals surface area contributed by atoms with E-state index in [4.69, 9.17) is 11.6 Å². The number of nitrogens with one attached hydrogen (secondary N) is 1. The predicted molar refractivity (Wildman–Crippen MR) is 89.1 cm³/mol. The first kappa shape index (κ1) is 17.4. The normalized spacial score (nSPS) is 10.3. The third kappa shape index (κ3) is 3.49. The molecule has 124 valence electrons. The number of aryl methyl sites for hydroxylation is 2. The molecule has 8 nitrogen and oxygen atoms in total. The van der Waals surface area contributed by atoms with E-state index in [1.807, 2.05) is 13.0 Å². The van der Waals surface area contributed by atoms with Gasteiger partial charge in [0.1, 0.15) is 5.69 Å². The van der Waals surface area contributed by atoms with Crippen molar-refractivity contribution in [2.45, 2.75) is 13.8 Å². The Kier molecular flexibility index (Phi) is 4.79. The number of carbonyl (C=O) groups excluding carboxylic acids is 1. The number of nitro groups is 2. The smallest absolute Gasteiger partial charge is 0.300 e. The second-order valence-corrected chi connectivity index (χ2v) is 5.46. The van der Waals surface area contributed by atoms with Crippen molar-refractivity contribution in [1.82, 2.24) is 0 Å². The van der Waals surface area contributed by atoms with Crippen molar-refractivity contribution in [1.29, 1.82) is 0 Å². The Hall–Kier alpha value is -3.00. The molecule has 0 spiro atoms. The van der Waals surface area contributed by atoms with Crippen LogP contribution in [0.2, 0.25) is 0 Å². The van der Waals surface area contributed by atoms with Crippen LogP contribution in [0.5, 0.6) is 0 Å². The number of non-ortho nitro benzene ring substituents is 1. The van der Waals surface area contributed by atoms with Gasteiger partial charge in [-0.1, -0.05) is 17.7 Å². The minimum absolute atomic E-state index is 0.183. The van der Waals surface area contributed by atoms with Crippen molar-refractivity contribution < 1.29 is 14.6 Å². The molecule has 0 saturated carbocycles. The van der Waals surface area contributed by atoms with Gasteiger partial charge in [0, 0.05) is 11.8 Å². The third-order valence-corrected chi connectivity index (χ3v) is 3.57. The molecule has 0 saturated heterocycles. The summed E-state index contributed by atoms with van der Waals surface area (Å²) in [6, 6.07) is 7.03. The summed E-state index contributed by atoms with van der Waals surface area (Å²) in [4.78, 5) is 32.2. The number of hydrogen-bond acceptors (Lipinski definition) is 6. The van der Waals surface area contributed by atoms with Crippen LogP contribution in [0.15, 0.2) is 30.3 Å². The molecule has 2 aromatic carbocycles. The number of hydrogen-bond donors (Lipinski definition) is 1. The SMILES string of the molecule is Cc1ccc(Nc2c(C(=O)Cl)cc([N+](=O)[O-])cc2[N+](=O)[O-])c(C)c1. The lowest BCUT2D eigenvalue weighted by Crippen LogP contribution is -2.06. The Bertz CT molecular complexity index is 831. The topological polar surface area (TPSA) is 115 Å². The monoisotopic (exact) mass is 349 g/mol. The molecule has 0 atom stereocenters. The highest BCUT2D eigenvalue weighted by Crippen LogP contribution is 2.37. The van der Waals surface area contributed by atoms with Gasteiger partial charge in [-0.3, -0.25) is 25.0 Å². The molecule has 0 aromatic heterocycles. The zero-order chi connectivity index (χ0) is 18.0. The highest BCUT2D eigenvalue weighted by atomic mass is 35.5. The summed E-state index contributed by atoms with van der Waals surface area (Å²) in [5.41, 5.74) is 0.595. The first-order chi connectivity index (χ1) is 11.2. The minimum Gasteiger partial charge on any atom is -0.349 e. The van der Waals surface area contributed by atoms with Crippen LogP contribution in [0.4, 0.5) is 22.7 Å². The molecule has 2 rings (SSSR count). The zero-order valence-electron chi connectivity index (χ0n) is 12.7. The van der Waals surface area contributed by atoms with Gasteiger partial charge in [0.25, 0.3) is 16.6 Å². The van der Waals surface area contributed by atoms with Gasteiger partial charge >= 0.3 is 0 Å². The fourth-order valence-electron chi connectivity index (χ4n) is 2.24. The van der Waals surface area contributed by atoms with Crippen molar-refractivity contribution in [2.24, 2.45) is 0 Å². The molecule has 24 heavy (non-hydrogen) atoms. The first-order valence-electron chi connectivity index (χ1n) is 6.71. The van der Waals surface area contributed by atoms with E-state index in [0.717, 1.165) is 23.3 Å². The largest absolute Gasteiger partial charge is 0.349 e. The van der Waals surface area contributed by atoms with Crippen LogP contribution in [0.1, 0.15) is 21.5 Å². The van der Waals surface area contributed by atoms with Crippen molar-refractivity contribution >= 4 is 39.6 Å². The van der Waals surface area contributed by atoms with Gasteiger partial charge in [-0.2, -0.15) is 0 Å². The second-order valence-electron chi connectivity index (χ2n) is 5.12. The van der Waals surface area contributed by atoms with Gasteiger partial charge in [0.15, 0.2) is 0 Å². The van der Waals surface area contributed by atoms with Crippen LogP contribution in [-0.4, -0.2) is 15.1 Å². The molecule has 0 unspecified atom stereocenters. The van der Waals surface area contributed by atoms with Crippen molar-refractivity contribution in [2.75, 3.05) is 5.32 Å². The average Bonchev–Trinajstić information content (AvgIpc) is 2.49. The van der Waals surface area contributed by atoms with Gasteiger partial charge in [0.05, 0.1) is 21.5 Å². The second kappa shape index (κ2) is 6.63. The van der Waals surface area contributed by atoms with Gasteiger partial charge in [-0.05, 0) is 37.1 Å². The molecular weight excluding hydrogens is 338 g/mol. The summed E-state index contributed by atoms with van der Waals surface area (Å²) in [5.74, 6) is 0. The summed E-state index contributed by atoms with van der Waals surface area (Å²) in [6.07, 6.45) is 0.